The Labute approximate surface area is 100 Å². The second-order valence-electron chi connectivity index (χ2n) is 4.19. The fourth-order valence-corrected chi connectivity index (χ4v) is 1.66. The number of alkyl halides is 1. The lowest BCUT2D eigenvalue weighted by atomic mass is 10.0. The zero-order valence-corrected chi connectivity index (χ0v) is 11.3. The van der Waals surface area contributed by atoms with Crippen molar-refractivity contribution in [1.82, 2.24) is 4.98 Å². The normalized spacial score (nSPS) is 11.1. The molecule has 84 valence electrons. The Morgan fingerprint density at radius 3 is 2.47 bits per heavy atom. The maximum atomic E-state index is 5.63. The summed E-state index contributed by atoms with van der Waals surface area (Å²) in [5.74, 6) is 1.25. The van der Waals surface area contributed by atoms with Crippen LogP contribution in [0.3, 0.4) is 0 Å². The minimum Gasteiger partial charge on any atom is -0.475 e. The Hall–Kier alpha value is -0.570. The molecule has 0 bridgehead atoms. The molecule has 0 atom stereocenters. The van der Waals surface area contributed by atoms with Crippen molar-refractivity contribution >= 4 is 15.9 Å². The van der Waals surface area contributed by atoms with Gasteiger partial charge in [0.2, 0.25) is 5.88 Å². The Morgan fingerprint density at radius 1 is 1.33 bits per heavy atom. The van der Waals surface area contributed by atoms with Gasteiger partial charge in [-0.15, -0.1) is 0 Å². The average Bonchev–Trinajstić information content (AvgIpc) is 2.17. The van der Waals surface area contributed by atoms with Crippen molar-refractivity contribution < 1.29 is 4.74 Å². The van der Waals surface area contributed by atoms with Gasteiger partial charge >= 0.3 is 0 Å². The minimum atomic E-state index is 0.167. The van der Waals surface area contributed by atoms with Crippen LogP contribution in [0.1, 0.15) is 44.7 Å². The zero-order valence-electron chi connectivity index (χ0n) is 9.75. The van der Waals surface area contributed by atoms with E-state index in [1.165, 1.54) is 5.56 Å². The van der Waals surface area contributed by atoms with Gasteiger partial charge in [0.1, 0.15) is 0 Å². The molecule has 15 heavy (non-hydrogen) atoms. The second kappa shape index (κ2) is 5.50. The van der Waals surface area contributed by atoms with Gasteiger partial charge in [0.25, 0.3) is 0 Å². The average molecular weight is 272 g/mol. The van der Waals surface area contributed by atoms with E-state index in [1.54, 1.807) is 0 Å². The SMILES string of the molecule is CC(C)Oc1ncc(C(C)C)cc1CBr. The summed E-state index contributed by atoms with van der Waals surface area (Å²) in [6.45, 7) is 8.35. The number of hydrogen-bond donors (Lipinski definition) is 0. The number of ether oxygens (including phenoxy) is 1. The molecule has 0 N–H and O–H groups in total. The molecule has 1 aromatic heterocycles. The second-order valence-corrected chi connectivity index (χ2v) is 4.75. The first-order valence-corrected chi connectivity index (χ1v) is 6.38. The van der Waals surface area contributed by atoms with Crippen molar-refractivity contribution in [2.45, 2.75) is 45.0 Å². The molecule has 0 saturated carbocycles. The van der Waals surface area contributed by atoms with Crippen LogP contribution in [0.4, 0.5) is 0 Å². The van der Waals surface area contributed by atoms with Crippen LogP contribution in [0.2, 0.25) is 0 Å². The molecule has 0 aromatic carbocycles. The predicted molar refractivity (Wildman–Crippen MR) is 66.7 cm³/mol. The molecular formula is C12H18BrNO. The first-order valence-electron chi connectivity index (χ1n) is 5.26. The zero-order chi connectivity index (χ0) is 11.4. The molecule has 0 amide bonds. The largest absolute Gasteiger partial charge is 0.475 e. The van der Waals surface area contributed by atoms with Crippen LogP contribution in [0, 0.1) is 0 Å². The molecule has 0 spiro atoms. The third-order valence-corrected chi connectivity index (χ3v) is 2.71. The summed E-state index contributed by atoms with van der Waals surface area (Å²) >= 11 is 3.46. The lowest BCUT2D eigenvalue weighted by molar-refractivity contribution is 0.230. The van der Waals surface area contributed by atoms with Crippen molar-refractivity contribution in [1.29, 1.82) is 0 Å². The van der Waals surface area contributed by atoms with E-state index in [-0.39, 0.29) is 6.10 Å². The van der Waals surface area contributed by atoms with Gasteiger partial charge < -0.3 is 4.74 Å². The molecule has 1 heterocycles. The van der Waals surface area contributed by atoms with Crippen molar-refractivity contribution in [3.63, 3.8) is 0 Å². The van der Waals surface area contributed by atoms with Crippen LogP contribution in [0.5, 0.6) is 5.88 Å². The van der Waals surface area contributed by atoms with E-state index in [2.05, 4.69) is 40.8 Å². The van der Waals surface area contributed by atoms with Crippen molar-refractivity contribution in [2.24, 2.45) is 0 Å². The summed E-state index contributed by atoms with van der Waals surface area (Å²) in [6.07, 6.45) is 2.06. The molecule has 0 unspecified atom stereocenters. The molecule has 1 rings (SSSR count). The van der Waals surface area contributed by atoms with E-state index in [0.29, 0.717) is 5.92 Å². The van der Waals surface area contributed by atoms with Crippen molar-refractivity contribution in [3.05, 3.63) is 23.4 Å². The Kier molecular flexibility index (Phi) is 4.58. The maximum Gasteiger partial charge on any atom is 0.217 e. The molecule has 0 saturated heterocycles. The van der Waals surface area contributed by atoms with Crippen molar-refractivity contribution in [3.8, 4) is 5.88 Å². The van der Waals surface area contributed by atoms with Gasteiger partial charge in [-0.05, 0) is 31.4 Å². The minimum absolute atomic E-state index is 0.167. The standard InChI is InChI=1S/C12H18BrNO/c1-8(2)11-5-10(6-13)12(14-7-11)15-9(3)4/h5,7-9H,6H2,1-4H3. The van der Waals surface area contributed by atoms with Crippen LogP contribution >= 0.6 is 15.9 Å². The Bertz CT molecular complexity index is 323. The Balaban J connectivity index is 2.98. The van der Waals surface area contributed by atoms with E-state index in [1.807, 2.05) is 20.0 Å². The topological polar surface area (TPSA) is 22.1 Å². The quantitative estimate of drug-likeness (QED) is 0.776. The van der Waals surface area contributed by atoms with Crippen LogP contribution in [-0.4, -0.2) is 11.1 Å². The van der Waals surface area contributed by atoms with Crippen molar-refractivity contribution in [2.75, 3.05) is 0 Å². The van der Waals surface area contributed by atoms with Crippen LogP contribution in [0.25, 0.3) is 0 Å². The summed E-state index contributed by atoms with van der Waals surface area (Å²) < 4.78 is 5.63. The lowest BCUT2D eigenvalue weighted by Crippen LogP contribution is -2.09. The molecule has 0 aliphatic rings. The fourth-order valence-electron chi connectivity index (χ4n) is 1.26. The highest BCUT2D eigenvalue weighted by Crippen LogP contribution is 2.24. The van der Waals surface area contributed by atoms with Crippen LogP contribution in [0.15, 0.2) is 12.3 Å². The molecule has 3 heteroatoms. The highest BCUT2D eigenvalue weighted by Gasteiger charge is 2.09. The number of aromatic nitrogens is 1. The molecule has 1 aromatic rings. The highest BCUT2D eigenvalue weighted by molar-refractivity contribution is 9.08. The molecule has 0 radical (unpaired) electrons. The number of halogens is 1. The fraction of sp³-hybridized carbons (Fsp3) is 0.583. The third-order valence-electron chi connectivity index (χ3n) is 2.10. The Morgan fingerprint density at radius 2 is 2.00 bits per heavy atom. The molecule has 0 aliphatic carbocycles. The van der Waals surface area contributed by atoms with Gasteiger partial charge in [0, 0.05) is 17.1 Å². The summed E-state index contributed by atoms with van der Waals surface area (Å²) in [5, 5.41) is 0.780. The van der Waals surface area contributed by atoms with E-state index in [4.69, 9.17) is 4.74 Å². The van der Waals surface area contributed by atoms with Crippen LogP contribution < -0.4 is 4.74 Å². The van der Waals surface area contributed by atoms with Crippen LogP contribution in [-0.2, 0) is 5.33 Å². The number of hydrogen-bond acceptors (Lipinski definition) is 2. The van der Waals surface area contributed by atoms with E-state index in [9.17, 15) is 0 Å². The lowest BCUT2D eigenvalue weighted by Gasteiger charge is -2.14. The number of pyridine rings is 1. The first-order chi connectivity index (χ1) is 7.04. The van der Waals surface area contributed by atoms with Gasteiger partial charge in [-0.25, -0.2) is 4.98 Å². The van der Waals surface area contributed by atoms with Gasteiger partial charge in [0.05, 0.1) is 6.10 Å². The monoisotopic (exact) mass is 271 g/mol. The maximum absolute atomic E-state index is 5.63. The summed E-state index contributed by atoms with van der Waals surface area (Å²) in [6, 6.07) is 2.16. The smallest absolute Gasteiger partial charge is 0.217 e. The van der Waals surface area contributed by atoms with E-state index < -0.39 is 0 Å². The highest BCUT2D eigenvalue weighted by atomic mass is 79.9. The molecule has 0 fully saturated rings. The molecule has 2 nitrogen and oxygen atoms in total. The van der Waals surface area contributed by atoms with Gasteiger partial charge in [0.15, 0.2) is 0 Å². The molecule has 0 aliphatic heterocycles. The third kappa shape index (κ3) is 3.49. The summed E-state index contributed by atoms with van der Waals surface area (Å²) in [5.41, 5.74) is 2.37. The summed E-state index contributed by atoms with van der Waals surface area (Å²) in [4.78, 5) is 4.36. The number of nitrogens with zero attached hydrogens (tertiary/aromatic N) is 1. The summed E-state index contributed by atoms with van der Waals surface area (Å²) in [7, 11) is 0. The predicted octanol–water partition coefficient (Wildman–Crippen LogP) is 3.89. The van der Waals surface area contributed by atoms with Gasteiger partial charge in [-0.3, -0.25) is 0 Å². The van der Waals surface area contributed by atoms with Gasteiger partial charge in [-0.2, -0.15) is 0 Å². The number of rotatable bonds is 4. The van der Waals surface area contributed by atoms with E-state index in [0.717, 1.165) is 16.8 Å². The van der Waals surface area contributed by atoms with E-state index >= 15 is 0 Å². The molecular weight excluding hydrogens is 254 g/mol. The first kappa shape index (κ1) is 12.5. The van der Waals surface area contributed by atoms with Gasteiger partial charge in [-0.1, -0.05) is 29.8 Å².